The fourth-order valence-electron chi connectivity index (χ4n) is 3.16. The summed E-state index contributed by atoms with van der Waals surface area (Å²) in [6.07, 6.45) is 3.61. The summed E-state index contributed by atoms with van der Waals surface area (Å²) in [5.74, 6) is -0.959. The van der Waals surface area contributed by atoms with Crippen LogP contribution in [0.2, 0.25) is 0 Å². The molecule has 1 aliphatic rings. The van der Waals surface area contributed by atoms with Gasteiger partial charge in [0.1, 0.15) is 11.4 Å². The molecule has 0 bridgehead atoms. The van der Waals surface area contributed by atoms with Gasteiger partial charge in [0.2, 0.25) is 0 Å². The van der Waals surface area contributed by atoms with Gasteiger partial charge in [-0.25, -0.2) is 0 Å². The van der Waals surface area contributed by atoms with E-state index in [0.717, 1.165) is 25.7 Å². The zero-order valence-electron chi connectivity index (χ0n) is 12.4. The summed E-state index contributed by atoms with van der Waals surface area (Å²) in [5.41, 5.74) is 6.34. The SMILES string of the molecule is Cc1nn(C)c(NCC2CCCCC2C(=O)O)c1C(N)=O. The largest absolute Gasteiger partial charge is 0.481 e. The number of carboxylic acid groups (broad SMARTS) is 1. The van der Waals surface area contributed by atoms with Crippen LogP contribution in [0.5, 0.6) is 0 Å². The molecule has 0 aliphatic heterocycles. The first kappa shape index (κ1) is 15.3. The Morgan fingerprint density at radius 1 is 1.43 bits per heavy atom. The number of carbonyl (C=O) groups is 2. The molecule has 4 N–H and O–H groups in total. The second-order valence-corrected chi connectivity index (χ2v) is 5.67. The molecule has 7 heteroatoms. The molecule has 7 nitrogen and oxygen atoms in total. The van der Waals surface area contributed by atoms with E-state index in [1.807, 2.05) is 0 Å². The molecule has 1 amide bonds. The fraction of sp³-hybridized carbons (Fsp3) is 0.643. The van der Waals surface area contributed by atoms with Crippen molar-refractivity contribution in [1.29, 1.82) is 0 Å². The van der Waals surface area contributed by atoms with Gasteiger partial charge in [0.25, 0.3) is 5.91 Å². The minimum Gasteiger partial charge on any atom is -0.481 e. The fourth-order valence-corrected chi connectivity index (χ4v) is 3.16. The van der Waals surface area contributed by atoms with Gasteiger partial charge in [-0.05, 0) is 25.7 Å². The van der Waals surface area contributed by atoms with Crippen molar-refractivity contribution in [2.24, 2.45) is 24.6 Å². The molecule has 21 heavy (non-hydrogen) atoms. The molecule has 116 valence electrons. The number of aromatic nitrogens is 2. The predicted molar refractivity (Wildman–Crippen MR) is 78.0 cm³/mol. The van der Waals surface area contributed by atoms with Gasteiger partial charge in [0.15, 0.2) is 0 Å². The number of nitrogens with one attached hydrogen (secondary N) is 1. The Bertz CT molecular complexity index is 553. The van der Waals surface area contributed by atoms with Gasteiger partial charge < -0.3 is 16.2 Å². The van der Waals surface area contributed by atoms with Gasteiger partial charge in [-0.3, -0.25) is 14.3 Å². The molecule has 1 fully saturated rings. The monoisotopic (exact) mass is 294 g/mol. The van der Waals surface area contributed by atoms with E-state index in [-0.39, 0.29) is 11.8 Å². The van der Waals surface area contributed by atoms with Crippen LogP contribution in [-0.2, 0) is 11.8 Å². The minimum atomic E-state index is -0.738. The molecule has 1 aliphatic carbocycles. The van der Waals surface area contributed by atoms with Crippen molar-refractivity contribution in [2.45, 2.75) is 32.6 Å². The summed E-state index contributed by atoms with van der Waals surface area (Å²) in [4.78, 5) is 22.8. The molecule has 2 atom stereocenters. The molecular weight excluding hydrogens is 272 g/mol. The third-order valence-corrected chi connectivity index (χ3v) is 4.23. The topological polar surface area (TPSA) is 110 Å². The molecule has 2 unspecified atom stereocenters. The van der Waals surface area contributed by atoms with Gasteiger partial charge in [-0.15, -0.1) is 0 Å². The van der Waals surface area contributed by atoms with E-state index < -0.39 is 11.9 Å². The van der Waals surface area contributed by atoms with E-state index in [1.165, 1.54) is 0 Å². The summed E-state index contributed by atoms with van der Waals surface area (Å²) in [5, 5.41) is 16.6. The van der Waals surface area contributed by atoms with Crippen LogP contribution >= 0.6 is 0 Å². The third-order valence-electron chi connectivity index (χ3n) is 4.23. The Labute approximate surface area is 123 Å². The molecule has 1 saturated carbocycles. The van der Waals surface area contributed by atoms with Crippen LogP contribution in [0.3, 0.4) is 0 Å². The lowest BCUT2D eigenvalue weighted by atomic mass is 9.79. The molecule has 0 radical (unpaired) electrons. The number of nitrogens with two attached hydrogens (primary N) is 1. The molecule has 2 rings (SSSR count). The summed E-state index contributed by atoms with van der Waals surface area (Å²) < 4.78 is 1.58. The van der Waals surface area contributed by atoms with E-state index in [4.69, 9.17) is 5.73 Å². The highest BCUT2D eigenvalue weighted by molar-refractivity contribution is 5.98. The third kappa shape index (κ3) is 3.17. The predicted octanol–water partition coefficient (Wildman–Crippen LogP) is 1.13. The van der Waals surface area contributed by atoms with Crippen LogP contribution in [0, 0.1) is 18.8 Å². The highest BCUT2D eigenvalue weighted by Gasteiger charge is 2.31. The van der Waals surface area contributed by atoms with Crippen LogP contribution in [0.15, 0.2) is 0 Å². The number of rotatable bonds is 5. The summed E-state index contributed by atoms with van der Waals surface area (Å²) in [6.45, 7) is 2.24. The maximum Gasteiger partial charge on any atom is 0.306 e. The van der Waals surface area contributed by atoms with Crippen molar-refractivity contribution >= 4 is 17.7 Å². The normalized spacial score (nSPS) is 22.0. The van der Waals surface area contributed by atoms with Crippen LogP contribution in [0.4, 0.5) is 5.82 Å². The minimum absolute atomic E-state index is 0.0622. The van der Waals surface area contributed by atoms with Crippen molar-refractivity contribution in [3.8, 4) is 0 Å². The van der Waals surface area contributed by atoms with Crippen LogP contribution in [0.25, 0.3) is 0 Å². The lowest BCUT2D eigenvalue weighted by Gasteiger charge is -2.29. The van der Waals surface area contributed by atoms with Crippen molar-refractivity contribution in [1.82, 2.24) is 9.78 Å². The Kier molecular flexibility index (Phi) is 4.50. The number of anilines is 1. The maximum atomic E-state index is 11.5. The van der Waals surface area contributed by atoms with Gasteiger partial charge in [-0.1, -0.05) is 12.8 Å². The second-order valence-electron chi connectivity index (χ2n) is 5.67. The Morgan fingerprint density at radius 2 is 2.10 bits per heavy atom. The average molecular weight is 294 g/mol. The molecule has 0 spiro atoms. The molecular formula is C14H22N4O3. The number of amides is 1. The number of aliphatic carboxylic acids is 1. The van der Waals surface area contributed by atoms with Gasteiger partial charge in [0.05, 0.1) is 11.6 Å². The van der Waals surface area contributed by atoms with Gasteiger partial charge in [-0.2, -0.15) is 5.10 Å². The number of carbonyl (C=O) groups excluding carboxylic acids is 1. The first-order valence-electron chi connectivity index (χ1n) is 7.22. The number of nitrogens with zero attached hydrogens (tertiary/aromatic N) is 2. The summed E-state index contributed by atoms with van der Waals surface area (Å²) in [6, 6.07) is 0. The van der Waals surface area contributed by atoms with E-state index in [0.29, 0.717) is 23.6 Å². The zero-order valence-corrected chi connectivity index (χ0v) is 12.4. The highest BCUT2D eigenvalue weighted by atomic mass is 16.4. The lowest BCUT2D eigenvalue weighted by molar-refractivity contribution is -0.144. The smallest absolute Gasteiger partial charge is 0.306 e. The number of primary amides is 1. The highest BCUT2D eigenvalue weighted by Crippen LogP contribution is 2.31. The Balaban J connectivity index is 2.12. The lowest BCUT2D eigenvalue weighted by Crippen LogP contribution is -2.32. The van der Waals surface area contributed by atoms with E-state index in [1.54, 1.807) is 18.7 Å². The van der Waals surface area contributed by atoms with Gasteiger partial charge >= 0.3 is 5.97 Å². The Morgan fingerprint density at radius 3 is 2.71 bits per heavy atom. The summed E-state index contributed by atoms with van der Waals surface area (Å²) >= 11 is 0. The van der Waals surface area contributed by atoms with Crippen LogP contribution in [0.1, 0.15) is 41.7 Å². The van der Waals surface area contributed by atoms with E-state index >= 15 is 0 Å². The number of hydrogen-bond acceptors (Lipinski definition) is 4. The molecule has 1 aromatic rings. The molecule has 0 saturated heterocycles. The molecule has 0 aromatic carbocycles. The summed E-state index contributed by atoms with van der Waals surface area (Å²) in [7, 11) is 1.73. The first-order chi connectivity index (χ1) is 9.91. The standard InChI is InChI=1S/C14H22N4O3/c1-8-11(12(15)19)13(18(2)17-8)16-7-9-5-3-4-6-10(9)14(20)21/h9-10,16H,3-7H2,1-2H3,(H2,15,19)(H,20,21). The molecule has 1 heterocycles. The van der Waals surface area contributed by atoms with Gasteiger partial charge in [0, 0.05) is 13.6 Å². The maximum absolute atomic E-state index is 11.5. The van der Waals surface area contributed by atoms with Crippen molar-refractivity contribution in [3.63, 3.8) is 0 Å². The Hall–Kier alpha value is -2.05. The average Bonchev–Trinajstić information content (AvgIpc) is 2.70. The number of aryl methyl sites for hydroxylation is 2. The molecule has 1 aromatic heterocycles. The van der Waals surface area contributed by atoms with Crippen molar-refractivity contribution < 1.29 is 14.7 Å². The van der Waals surface area contributed by atoms with Crippen LogP contribution < -0.4 is 11.1 Å². The van der Waals surface area contributed by atoms with Crippen molar-refractivity contribution in [3.05, 3.63) is 11.3 Å². The van der Waals surface area contributed by atoms with E-state index in [9.17, 15) is 14.7 Å². The van der Waals surface area contributed by atoms with Crippen molar-refractivity contribution in [2.75, 3.05) is 11.9 Å². The first-order valence-corrected chi connectivity index (χ1v) is 7.22. The van der Waals surface area contributed by atoms with Crippen LogP contribution in [-0.4, -0.2) is 33.3 Å². The quantitative estimate of drug-likeness (QED) is 0.754. The second kappa shape index (κ2) is 6.15. The zero-order chi connectivity index (χ0) is 15.6. The number of carboxylic acids is 1. The van der Waals surface area contributed by atoms with E-state index in [2.05, 4.69) is 10.4 Å². The number of hydrogen-bond donors (Lipinski definition) is 3.